The van der Waals surface area contributed by atoms with E-state index < -0.39 is 6.09 Å². The zero-order chi connectivity index (χ0) is 16.4. The molecule has 2 N–H and O–H groups in total. The van der Waals surface area contributed by atoms with Crippen molar-refractivity contribution >= 4 is 12.0 Å². The second-order valence-electron chi connectivity index (χ2n) is 4.14. The SMILES string of the molecule is C=CCOC(=O)NCCNC(=O)c1ccc(OC)c(OC)c1. The van der Waals surface area contributed by atoms with Gasteiger partial charge in [-0.2, -0.15) is 0 Å². The van der Waals surface area contributed by atoms with Crippen molar-refractivity contribution in [1.82, 2.24) is 10.6 Å². The lowest BCUT2D eigenvalue weighted by Gasteiger charge is -2.10. The fourth-order valence-electron chi connectivity index (χ4n) is 1.61. The second kappa shape index (κ2) is 9.28. The van der Waals surface area contributed by atoms with Crippen molar-refractivity contribution < 1.29 is 23.8 Å². The number of hydrogen-bond acceptors (Lipinski definition) is 5. The highest BCUT2D eigenvalue weighted by molar-refractivity contribution is 5.94. The minimum Gasteiger partial charge on any atom is -0.493 e. The maximum Gasteiger partial charge on any atom is 0.407 e. The smallest absolute Gasteiger partial charge is 0.407 e. The summed E-state index contributed by atoms with van der Waals surface area (Å²) in [5.41, 5.74) is 0.437. The molecule has 7 heteroatoms. The minimum atomic E-state index is -0.555. The van der Waals surface area contributed by atoms with E-state index in [1.165, 1.54) is 20.3 Å². The molecule has 7 nitrogen and oxygen atoms in total. The van der Waals surface area contributed by atoms with Gasteiger partial charge in [-0.05, 0) is 18.2 Å². The number of ether oxygens (including phenoxy) is 3. The summed E-state index contributed by atoms with van der Waals surface area (Å²) in [6, 6.07) is 4.86. The Bertz CT molecular complexity index is 531. The van der Waals surface area contributed by atoms with Gasteiger partial charge < -0.3 is 24.8 Å². The number of rotatable bonds is 8. The molecular weight excluding hydrogens is 288 g/mol. The first-order valence-corrected chi connectivity index (χ1v) is 6.64. The van der Waals surface area contributed by atoms with E-state index >= 15 is 0 Å². The Morgan fingerprint density at radius 1 is 1.14 bits per heavy atom. The molecule has 0 aliphatic carbocycles. The molecule has 1 rings (SSSR count). The van der Waals surface area contributed by atoms with Crippen molar-refractivity contribution in [2.24, 2.45) is 0 Å². The van der Waals surface area contributed by atoms with Gasteiger partial charge in [-0.1, -0.05) is 12.7 Å². The summed E-state index contributed by atoms with van der Waals surface area (Å²) < 4.78 is 15.0. The van der Waals surface area contributed by atoms with Crippen LogP contribution in [0, 0.1) is 0 Å². The fourth-order valence-corrected chi connectivity index (χ4v) is 1.61. The van der Waals surface area contributed by atoms with E-state index in [1.807, 2.05) is 0 Å². The molecule has 2 amide bonds. The number of hydrogen-bond donors (Lipinski definition) is 2. The highest BCUT2D eigenvalue weighted by Crippen LogP contribution is 2.27. The average molecular weight is 308 g/mol. The first kappa shape index (κ1) is 17.4. The molecule has 22 heavy (non-hydrogen) atoms. The molecule has 0 aliphatic heterocycles. The van der Waals surface area contributed by atoms with E-state index in [4.69, 9.17) is 14.2 Å². The summed E-state index contributed by atoms with van der Waals surface area (Å²) in [5.74, 6) is 0.745. The Morgan fingerprint density at radius 2 is 1.82 bits per heavy atom. The monoisotopic (exact) mass is 308 g/mol. The molecule has 120 valence electrons. The lowest BCUT2D eigenvalue weighted by atomic mass is 10.2. The Morgan fingerprint density at radius 3 is 2.45 bits per heavy atom. The lowest BCUT2D eigenvalue weighted by molar-refractivity contribution is 0.0952. The minimum absolute atomic E-state index is 0.143. The molecule has 0 heterocycles. The number of methoxy groups -OCH3 is 2. The van der Waals surface area contributed by atoms with Crippen LogP contribution in [0.5, 0.6) is 11.5 Å². The summed E-state index contributed by atoms with van der Waals surface area (Å²) in [5, 5.41) is 5.17. The van der Waals surface area contributed by atoms with E-state index in [-0.39, 0.29) is 25.6 Å². The largest absolute Gasteiger partial charge is 0.493 e. The van der Waals surface area contributed by atoms with E-state index in [1.54, 1.807) is 18.2 Å². The molecule has 0 spiro atoms. The normalized spacial score (nSPS) is 9.55. The van der Waals surface area contributed by atoms with Gasteiger partial charge in [-0.15, -0.1) is 0 Å². The molecular formula is C15H20N2O5. The van der Waals surface area contributed by atoms with Crippen molar-refractivity contribution in [3.63, 3.8) is 0 Å². The Labute approximate surface area is 129 Å². The number of nitrogens with one attached hydrogen (secondary N) is 2. The first-order chi connectivity index (χ1) is 10.6. The van der Waals surface area contributed by atoms with Crippen LogP contribution in [0.1, 0.15) is 10.4 Å². The van der Waals surface area contributed by atoms with Gasteiger partial charge in [0.15, 0.2) is 11.5 Å². The number of carbonyl (C=O) groups excluding carboxylic acids is 2. The van der Waals surface area contributed by atoms with Crippen LogP contribution in [-0.4, -0.2) is 45.9 Å². The van der Waals surface area contributed by atoms with Gasteiger partial charge in [0, 0.05) is 18.7 Å². The van der Waals surface area contributed by atoms with Crippen LogP contribution in [0.4, 0.5) is 4.79 Å². The molecule has 0 saturated carbocycles. The number of carbonyl (C=O) groups is 2. The first-order valence-electron chi connectivity index (χ1n) is 6.64. The Hall–Kier alpha value is -2.70. The van der Waals surface area contributed by atoms with Crippen molar-refractivity contribution in [3.8, 4) is 11.5 Å². The van der Waals surface area contributed by atoms with Gasteiger partial charge in [0.1, 0.15) is 6.61 Å². The third kappa shape index (κ3) is 5.35. The van der Waals surface area contributed by atoms with Gasteiger partial charge >= 0.3 is 6.09 Å². The summed E-state index contributed by atoms with van der Waals surface area (Å²) in [7, 11) is 3.02. The van der Waals surface area contributed by atoms with Gasteiger partial charge in [-0.25, -0.2) is 4.79 Å². The molecule has 0 aliphatic rings. The molecule has 1 aromatic rings. The summed E-state index contributed by atoms with van der Waals surface area (Å²) in [6.45, 7) is 4.11. The van der Waals surface area contributed by atoms with Crippen molar-refractivity contribution in [2.45, 2.75) is 0 Å². The number of amides is 2. The van der Waals surface area contributed by atoms with Gasteiger partial charge in [0.25, 0.3) is 5.91 Å². The van der Waals surface area contributed by atoms with Crippen LogP contribution in [0.2, 0.25) is 0 Å². The second-order valence-corrected chi connectivity index (χ2v) is 4.14. The van der Waals surface area contributed by atoms with E-state index in [0.717, 1.165) is 0 Å². The number of alkyl carbamates (subject to hydrolysis) is 1. The summed E-state index contributed by atoms with van der Waals surface area (Å²) in [4.78, 5) is 23.1. The van der Waals surface area contributed by atoms with Crippen LogP contribution < -0.4 is 20.1 Å². The summed E-state index contributed by atoms with van der Waals surface area (Å²) >= 11 is 0. The zero-order valence-electron chi connectivity index (χ0n) is 12.7. The Kier molecular flexibility index (Phi) is 7.32. The van der Waals surface area contributed by atoms with E-state index in [9.17, 15) is 9.59 Å². The van der Waals surface area contributed by atoms with Crippen molar-refractivity contribution in [1.29, 1.82) is 0 Å². The fraction of sp³-hybridized carbons (Fsp3) is 0.333. The molecule has 0 unspecified atom stereocenters. The molecule has 0 radical (unpaired) electrons. The maximum absolute atomic E-state index is 12.0. The zero-order valence-corrected chi connectivity index (χ0v) is 12.7. The van der Waals surface area contributed by atoms with Gasteiger partial charge in [-0.3, -0.25) is 4.79 Å². The molecule has 0 atom stereocenters. The topological polar surface area (TPSA) is 85.9 Å². The average Bonchev–Trinajstić information content (AvgIpc) is 2.55. The summed E-state index contributed by atoms with van der Waals surface area (Å²) in [6.07, 6.45) is 0.915. The van der Waals surface area contributed by atoms with E-state index in [2.05, 4.69) is 17.2 Å². The van der Waals surface area contributed by atoms with Crippen LogP contribution in [0.25, 0.3) is 0 Å². The van der Waals surface area contributed by atoms with Crippen LogP contribution >= 0.6 is 0 Å². The predicted molar refractivity (Wildman–Crippen MR) is 81.4 cm³/mol. The van der Waals surface area contributed by atoms with Gasteiger partial charge in [0.2, 0.25) is 0 Å². The quantitative estimate of drug-likeness (QED) is 0.559. The molecule has 0 bridgehead atoms. The van der Waals surface area contributed by atoms with Gasteiger partial charge in [0.05, 0.1) is 14.2 Å². The molecule has 0 aromatic heterocycles. The van der Waals surface area contributed by atoms with Crippen LogP contribution in [0.15, 0.2) is 30.9 Å². The van der Waals surface area contributed by atoms with Crippen LogP contribution in [0.3, 0.4) is 0 Å². The van der Waals surface area contributed by atoms with Crippen molar-refractivity contribution in [2.75, 3.05) is 33.9 Å². The number of benzene rings is 1. The molecule has 1 aromatic carbocycles. The highest BCUT2D eigenvalue weighted by atomic mass is 16.5. The highest BCUT2D eigenvalue weighted by Gasteiger charge is 2.10. The Balaban J connectivity index is 2.42. The third-order valence-corrected chi connectivity index (χ3v) is 2.66. The van der Waals surface area contributed by atoms with E-state index in [0.29, 0.717) is 17.1 Å². The standard InChI is InChI=1S/C15H20N2O5/c1-4-9-22-15(19)17-8-7-16-14(18)11-5-6-12(20-2)13(10-11)21-3/h4-6,10H,1,7-9H2,2-3H3,(H,16,18)(H,17,19). The maximum atomic E-state index is 12.0. The van der Waals surface area contributed by atoms with Crippen LogP contribution in [-0.2, 0) is 4.74 Å². The van der Waals surface area contributed by atoms with Crippen molar-refractivity contribution in [3.05, 3.63) is 36.4 Å². The lowest BCUT2D eigenvalue weighted by Crippen LogP contribution is -2.35. The molecule has 0 fully saturated rings. The molecule has 0 saturated heterocycles. The predicted octanol–water partition coefficient (Wildman–Crippen LogP) is 1.35. The third-order valence-electron chi connectivity index (χ3n) is 2.66.